The van der Waals surface area contributed by atoms with Crippen molar-refractivity contribution in [2.45, 2.75) is 32.2 Å². The molecule has 0 unspecified atom stereocenters. The summed E-state index contributed by atoms with van der Waals surface area (Å²) in [7, 11) is 3.83. The molecule has 0 bridgehead atoms. The molecular formula is C13H22N4O. The Balaban J connectivity index is 2.06. The molecule has 0 aromatic carbocycles. The van der Waals surface area contributed by atoms with Gasteiger partial charge in [-0.1, -0.05) is 0 Å². The van der Waals surface area contributed by atoms with E-state index in [2.05, 4.69) is 17.3 Å². The molecule has 2 rings (SSSR count). The molecule has 5 heteroatoms. The molecule has 0 radical (unpaired) electrons. The predicted molar refractivity (Wildman–Crippen MR) is 70.5 cm³/mol. The highest BCUT2D eigenvalue weighted by Gasteiger charge is 2.31. The second-order valence-electron chi connectivity index (χ2n) is 5.40. The minimum atomic E-state index is 0.110. The Kier molecular flexibility index (Phi) is 3.43. The summed E-state index contributed by atoms with van der Waals surface area (Å²) >= 11 is 0. The van der Waals surface area contributed by atoms with Crippen LogP contribution in [0.25, 0.3) is 0 Å². The number of aromatic nitrogens is 2. The highest BCUT2D eigenvalue weighted by Crippen LogP contribution is 2.22. The van der Waals surface area contributed by atoms with Crippen molar-refractivity contribution in [1.82, 2.24) is 20.0 Å². The third-order valence-electron chi connectivity index (χ3n) is 4.00. The van der Waals surface area contributed by atoms with Crippen LogP contribution in [-0.4, -0.2) is 46.3 Å². The third kappa shape index (κ3) is 2.41. The zero-order chi connectivity index (χ0) is 13.3. The van der Waals surface area contributed by atoms with E-state index >= 15 is 0 Å². The average molecular weight is 250 g/mol. The van der Waals surface area contributed by atoms with Gasteiger partial charge in [-0.25, -0.2) is 0 Å². The molecule has 1 aromatic rings. The van der Waals surface area contributed by atoms with E-state index in [1.807, 2.05) is 32.1 Å². The molecule has 0 spiro atoms. The zero-order valence-corrected chi connectivity index (χ0v) is 11.7. The first kappa shape index (κ1) is 13.1. The monoisotopic (exact) mass is 250 g/mol. The standard InChI is InChI=1S/C13H22N4O/c1-10-11(9-16(4)15-10)12(18)17-7-5-13(2,14-3)6-8-17/h9,14H,5-8H2,1-4H3. The molecule has 1 aliphatic rings. The Morgan fingerprint density at radius 1 is 1.44 bits per heavy atom. The lowest BCUT2D eigenvalue weighted by molar-refractivity contribution is 0.0661. The fourth-order valence-corrected chi connectivity index (χ4v) is 2.43. The number of nitrogens with zero attached hydrogens (tertiary/aromatic N) is 3. The molecule has 0 atom stereocenters. The van der Waals surface area contributed by atoms with E-state index in [1.165, 1.54) is 0 Å². The van der Waals surface area contributed by atoms with Crippen LogP contribution >= 0.6 is 0 Å². The van der Waals surface area contributed by atoms with Gasteiger partial charge in [0.15, 0.2) is 0 Å². The lowest BCUT2D eigenvalue weighted by Gasteiger charge is -2.39. The van der Waals surface area contributed by atoms with Gasteiger partial charge in [-0.3, -0.25) is 9.48 Å². The lowest BCUT2D eigenvalue weighted by atomic mass is 9.89. The molecule has 5 nitrogen and oxygen atoms in total. The first-order valence-corrected chi connectivity index (χ1v) is 6.43. The second kappa shape index (κ2) is 4.72. The predicted octanol–water partition coefficient (Wildman–Crippen LogP) is 0.943. The highest BCUT2D eigenvalue weighted by atomic mass is 16.2. The van der Waals surface area contributed by atoms with Gasteiger partial charge >= 0.3 is 0 Å². The van der Waals surface area contributed by atoms with Gasteiger partial charge in [-0.05, 0) is 33.7 Å². The van der Waals surface area contributed by atoms with Crippen molar-refractivity contribution in [2.75, 3.05) is 20.1 Å². The molecule has 18 heavy (non-hydrogen) atoms. The maximum absolute atomic E-state index is 12.4. The van der Waals surface area contributed by atoms with Gasteiger partial charge in [-0.15, -0.1) is 0 Å². The zero-order valence-electron chi connectivity index (χ0n) is 11.7. The molecule has 1 fully saturated rings. The fraction of sp³-hybridized carbons (Fsp3) is 0.692. The van der Waals surface area contributed by atoms with Crippen molar-refractivity contribution in [3.63, 3.8) is 0 Å². The van der Waals surface area contributed by atoms with Gasteiger partial charge in [0.05, 0.1) is 11.3 Å². The minimum absolute atomic E-state index is 0.110. The van der Waals surface area contributed by atoms with Gasteiger partial charge in [0.25, 0.3) is 5.91 Å². The Labute approximate surface area is 108 Å². The Morgan fingerprint density at radius 2 is 2.06 bits per heavy atom. The van der Waals surface area contributed by atoms with Crippen LogP contribution in [0.2, 0.25) is 0 Å². The summed E-state index contributed by atoms with van der Waals surface area (Å²) in [5.74, 6) is 0.110. The fourth-order valence-electron chi connectivity index (χ4n) is 2.43. The summed E-state index contributed by atoms with van der Waals surface area (Å²) in [6, 6.07) is 0. The number of amides is 1. The van der Waals surface area contributed by atoms with Crippen LogP contribution in [0.1, 0.15) is 35.8 Å². The maximum Gasteiger partial charge on any atom is 0.257 e. The molecule has 1 aliphatic heterocycles. The smallest absolute Gasteiger partial charge is 0.257 e. The number of aryl methyl sites for hydroxylation is 2. The van der Waals surface area contributed by atoms with Crippen molar-refractivity contribution in [1.29, 1.82) is 0 Å². The van der Waals surface area contributed by atoms with Crippen LogP contribution in [-0.2, 0) is 7.05 Å². The van der Waals surface area contributed by atoms with E-state index < -0.39 is 0 Å². The molecule has 1 aromatic heterocycles. The number of nitrogens with one attached hydrogen (secondary N) is 1. The SMILES string of the molecule is CNC1(C)CCN(C(=O)c2cn(C)nc2C)CC1. The summed E-state index contributed by atoms with van der Waals surface area (Å²) in [6.07, 6.45) is 3.80. The van der Waals surface area contributed by atoms with Gasteiger partial charge in [0.2, 0.25) is 0 Å². The minimum Gasteiger partial charge on any atom is -0.338 e. The number of carbonyl (C=O) groups excluding carboxylic acids is 1. The topological polar surface area (TPSA) is 50.2 Å². The third-order valence-corrected chi connectivity index (χ3v) is 4.00. The maximum atomic E-state index is 12.4. The van der Waals surface area contributed by atoms with Gasteiger partial charge in [0, 0.05) is 31.9 Å². The summed E-state index contributed by atoms with van der Waals surface area (Å²) in [5.41, 5.74) is 1.70. The normalized spacial score (nSPS) is 19.0. The number of carbonyl (C=O) groups is 1. The number of hydrogen-bond acceptors (Lipinski definition) is 3. The Morgan fingerprint density at radius 3 is 2.50 bits per heavy atom. The molecule has 1 saturated heterocycles. The summed E-state index contributed by atoms with van der Waals surface area (Å²) in [4.78, 5) is 14.3. The number of piperidine rings is 1. The second-order valence-corrected chi connectivity index (χ2v) is 5.40. The summed E-state index contributed by atoms with van der Waals surface area (Å²) in [5, 5.41) is 7.57. The Hall–Kier alpha value is -1.36. The van der Waals surface area contributed by atoms with Crippen molar-refractivity contribution in [2.24, 2.45) is 7.05 Å². The van der Waals surface area contributed by atoms with E-state index in [0.29, 0.717) is 0 Å². The van der Waals surface area contributed by atoms with Crippen LogP contribution in [0.5, 0.6) is 0 Å². The summed E-state index contributed by atoms with van der Waals surface area (Å²) < 4.78 is 1.70. The molecule has 0 saturated carbocycles. The number of likely N-dealkylation sites (tertiary alicyclic amines) is 1. The van der Waals surface area contributed by atoms with Gasteiger partial charge < -0.3 is 10.2 Å². The van der Waals surface area contributed by atoms with Crippen molar-refractivity contribution < 1.29 is 4.79 Å². The molecule has 1 amide bonds. The molecule has 100 valence electrons. The molecule has 2 heterocycles. The molecular weight excluding hydrogens is 228 g/mol. The van der Waals surface area contributed by atoms with E-state index in [4.69, 9.17) is 0 Å². The lowest BCUT2D eigenvalue weighted by Crippen LogP contribution is -2.51. The molecule has 0 aliphatic carbocycles. The number of hydrogen-bond donors (Lipinski definition) is 1. The largest absolute Gasteiger partial charge is 0.338 e. The van der Waals surface area contributed by atoms with Crippen LogP contribution in [0.4, 0.5) is 0 Å². The van der Waals surface area contributed by atoms with E-state index in [9.17, 15) is 4.79 Å². The van der Waals surface area contributed by atoms with Crippen molar-refractivity contribution in [3.05, 3.63) is 17.5 Å². The summed E-state index contributed by atoms with van der Waals surface area (Å²) in [6.45, 7) is 5.72. The first-order valence-electron chi connectivity index (χ1n) is 6.43. The van der Waals surface area contributed by atoms with E-state index in [1.54, 1.807) is 4.68 Å². The number of rotatable bonds is 2. The van der Waals surface area contributed by atoms with Crippen LogP contribution in [0.3, 0.4) is 0 Å². The van der Waals surface area contributed by atoms with Crippen molar-refractivity contribution in [3.8, 4) is 0 Å². The van der Waals surface area contributed by atoms with Crippen LogP contribution in [0.15, 0.2) is 6.20 Å². The van der Waals surface area contributed by atoms with Gasteiger partial charge in [0.1, 0.15) is 0 Å². The Bertz CT molecular complexity index is 444. The molecule has 1 N–H and O–H groups in total. The average Bonchev–Trinajstić information content (AvgIpc) is 2.69. The van der Waals surface area contributed by atoms with Gasteiger partial charge in [-0.2, -0.15) is 5.10 Å². The van der Waals surface area contributed by atoms with E-state index in [-0.39, 0.29) is 11.4 Å². The van der Waals surface area contributed by atoms with Crippen molar-refractivity contribution >= 4 is 5.91 Å². The highest BCUT2D eigenvalue weighted by molar-refractivity contribution is 5.95. The van der Waals surface area contributed by atoms with Crippen LogP contribution < -0.4 is 5.32 Å². The van der Waals surface area contributed by atoms with Crippen LogP contribution in [0, 0.1) is 6.92 Å². The first-order chi connectivity index (χ1) is 8.45. The quantitative estimate of drug-likeness (QED) is 0.850. The van der Waals surface area contributed by atoms with E-state index in [0.717, 1.165) is 37.2 Å².